The van der Waals surface area contributed by atoms with Gasteiger partial charge in [0.05, 0.1) is 0 Å². The van der Waals surface area contributed by atoms with Crippen LogP contribution in [0.25, 0.3) is 0 Å². The Labute approximate surface area is 84.3 Å². The topological polar surface area (TPSA) is 29.1 Å². The maximum Gasteiger partial charge on any atom is 0.220 e. The van der Waals surface area contributed by atoms with Crippen molar-refractivity contribution in [1.29, 1.82) is 0 Å². The lowest BCUT2D eigenvalue weighted by Crippen LogP contribution is -2.25. The summed E-state index contributed by atoms with van der Waals surface area (Å²) >= 11 is 0. The van der Waals surface area contributed by atoms with Gasteiger partial charge in [-0.05, 0) is 18.1 Å². The quantitative estimate of drug-likeness (QED) is 0.716. The van der Waals surface area contributed by atoms with E-state index in [4.69, 9.17) is 0 Å². The van der Waals surface area contributed by atoms with Crippen LogP contribution in [0, 0.1) is 6.92 Å². The number of amides is 1. The van der Waals surface area contributed by atoms with Gasteiger partial charge in [0.2, 0.25) is 5.91 Å². The molecule has 14 heavy (non-hydrogen) atoms. The molecular formula is C12H15NO. The molecule has 1 saturated heterocycles. The smallest absolute Gasteiger partial charge is 0.220 e. The molecule has 1 aliphatic rings. The van der Waals surface area contributed by atoms with Crippen LogP contribution in [0.4, 0.5) is 0 Å². The Hall–Kier alpha value is -1.31. The Kier molecular flexibility index (Phi) is 2.06. The van der Waals surface area contributed by atoms with E-state index in [1.54, 1.807) is 0 Å². The average Bonchev–Trinajstić information content (AvgIpc) is 2.48. The van der Waals surface area contributed by atoms with Crippen molar-refractivity contribution in [2.24, 2.45) is 0 Å². The second-order valence-corrected chi connectivity index (χ2v) is 4.33. The minimum absolute atomic E-state index is 0.0115. The molecular weight excluding hydrogens is 174 g/mol. The molecule has 1 unspecified atom stereocenters. The summed E-state index contributed by atoms with van der Waals surface area (Å²) in [7, 11) is 0. The van der Waals surface area contributed by atoms with Crippen molar-refractivity contribution >= 4 is 5.91 Å². The third kappa shape index (κ3) is 1.41. The highest BCUT2D eigenvalue weighted by atomic mass is 16.1. The number of benzene rings is 1. The molecule has 1 N–H and O–H groups in total. The highest BCUT2D eigenvalue weighted by molar-refractivity contribution is 5.80. The summed E-state index contributed by atoms with van der Waals surface area (Å²) in [5.74, 6) is 0.163. The molecule has 0 aromatic heterocycles. The Bertz CT molecular complexity index is 372. The molecule has 0 aliphatic carbocycles. The first-order valence-electron chi connectivity index (χ1n) is 4.95. The van der Waals surface area contributed by atoms with Gasteiger partial charge in [-0.15, -0.1) is 0 Å². The minimum atomic E-state index is -0.0115. The van der Waals surface area contributed by atoms with E-state index in [2.05, 4.69) is 31.3 Å². The number of carbonyl (C=O) groups is 1. The zero-order valence-electron chi connectivity index (χ0n) is 8.63. The Morgan fingerprint density at radius 2 is 2.07 bits per heavy atom. The van der Waals surface area contributed by atoms with E-state index in [-0.39, 0.29) is 11.3 Å². The molecule has 1 fully saturated rings. The summed E-state index contributed by atoms with van der Waals surface area (Å²) in [6.45, 7) is 5.01. The predicted molar refractivity (Wildman–Crippen MR) is 56.2 cm³/mol. The molecule has 0 radical (unpaired) electrons. The van der Waals surface area contributed by atoms with Gasteiger partial charge in [-0.3, -0.25) is 4.79 Å². The van der Waals surface area contributed by atoms with Crippen LogP contribution in [0.1, 0.15) is 24.5 Å². The van der Waals surface area contributed by atoms with Crippen LogP contribution in [0.15, 0.2) is 24.3 Å². The molecule has 1 aromatic carbocycles. The maximum absolute atomic E-state index is 11.2. The summed E-state index contributed by atoms with van der Waals surface area (Å²) in [6.07, 6.45) is 0.609. The number of aryl methyl sites for hydroxylation is 1. The second-order valence-electron chi connectivity index (χ2n) is 4.33. The van der Waals surface area contributed by atoms with E-state index in [1.807, 2.05) is 12.1 Å². The zero-order chi connectivity index (χ0) is 10.2. The highest BCUT2D eigenvalue weighted by Gasteiger charge is 2.36. The van der Waals surface area contributed by atoms with Crippen molar-refractivity contribution in [2.45, 2.75) is 25.7 Å². The third-order valence-corrected chi connectivity index (χ3v) is 3.02. The second kappa shape index (κ2) is 3.12. The van der Waals surface area contributed by atoms with E-state index in [0.717, 1.165) is 6.54 Å². The summed E-state index contributed by atoms with van der Waals surface area (Å²) in [5.41, 5.74) is 2.55. The number of carbonyl (C=O) groups excluding carboxylic acids is 1. The zero-order valence-corrected chi connectivity index (χ0v) is 8.63. The fraction of sp³-hybridized carbons (Fsp3) is 0.417. The van der Waals surface area contributed by atoms with Gasteiger partial charge in [0.1, 0.15) is 0 Å². The van der Waals surface area contributed by atoms with E-state index in [9.17, 15) is 4.79 Å². The van der Waals surface area contributed by atoms with Crippen molar-refractivity contribution in [3.63, 3.8) is 0 Å². The molecule has 74 valence electrons. The van der Waals surface area contributed by atoms with Gasteiger partial charge in [-0.1, -0.05) is 31.2 Å². The van der Waals surface area contributed by atoms with Crippen molar-refractivity contribution in [1.82, 2.24) is 5.32 Å². The number of nitrogens with one attached hydrogen (secondary N) is 1. The summed E-state index contributed by atoms with van der Waals surface area (Å²) in [4.78, 5) is 11.2. The minimum Gasteiger partial charge on any atom is -0.355 e. The lowest BCUT2D eigenvalue weighted by Gasteiger charge is -2.23. The SMILES string of the molecule is Cc1ccccc1C1(C)CNC(=O)C1. The molecule has 2 rings (SSSR count). The summed E-state index contributed by atoms with van der Waals surface area (Å²) in [6, 6.07) is 8.29. The van der Waals surface area contributed by atoms with Crippen molar-refractivity contribution < 1.29 is 4.79 Å². The van der Waals surface area contributed by atoms with Gasteiger partial charge in [0.25, 0.3) is 0 Å². The van der Waals surface area contributed by atoms with Crippen molar-refractivity contribution in [3.8, 4) is 0 Å². The Morgan fingerprint density at radius 1 is 1.36 bits per heavy atom. The standard InChI is InChI=1S/C12H15NO/c1-9-5-3-4-6-10(9)12(2)7-11(14)13-8-12/h3-6H,7-8H2,1-2H3,(H,13,14). The Balaban J connectivity index is 2.40. The van der Waals surface area contributed by atoms with Crippen molar-refractivity contribution in [3.05, 3.63) is 35.4 Å². The van der Waals surface area contributed by atoms with E-state index >= 15 is 0 Å². The summed E-state index contributed by atoms with van der Waals surface area (Å²) < 4.78 is 0. The number of hydrogen-bond donors (Lipinski definition) is 1. The van der Waals surface area contributed by atoms with Gasteiger partial charge in [-0.25, -0.2) is 0 Å². The number of hydrogen-bond acceptors (Lipinski definition) is 1. The molecule has 1 atom stereocenters. The van der Waals surface area contributed by atoms with Crippen LogP contribution in [0.5, 0.6) is 0 Å². The van der Waals surface area contributed by atoms with E-state index in [1.165, 1.54) is 11.1 Å². The van der Waals surface area contributed by atoms with E-state index in [0.29, 0.717) is 6.42 Å². The maximum atomic E-state index is 11.2. The van der Waals surface area contributed by atoms with Crippen molar-refractivity contribution in [2.75, 3.05) is 6.54 Å². The first-order chi connectivity index (χ1) is 6.62. The van der Waals surface area contributed by atoms with Gasteiger partial charge >= 0.3 is 0 Å². The Morgan fingerprint density at radius 3 is 2.64 bits per heavy atom. The van der Waals surface area contributed by atoms with Gasteiger partial charge in [0, 0.05) is 18.4 Å². The molecule has 1 heterocycles. The largest absolute Gasteiger partial charge is 0.355 e. The van der Waals surface area contributed by atoms with Crippen LogP contribution >= 0.6 is 0 Å². The predicted octanol–water partition coefficient (Wildman–Crippen LogP) is 1.77. The highest BCUT2D eigenvalue weighted by Crippen LogP contribution is 2.32. The molecule has 1 amide bonds. The fourth-order valence-corrected chi connectivity index (χ4v) is 2.21. The average molecular weight is 189 g/mol. The lowest BCUT2D eigenvalue weighted by molar-refractivity contribution is -0.119. The van der Waals surface area contributed by atoms with Crippen LogP contribution < -0.4 is 5.32 Å². The lowest BCUT2D eigenvalue weighted by atomic mass is 9.79. The van der Waals surface area contributed by atoms with Gasteiger partial charge in [-0.2, -0.15) is 0 Å². The molecule has 2 heteroatoms. The third-order valence-electron chi connectivity index (χ3n) is 3.02. The van der Waals surface area contributed by atoms with Crippen LogP contribution in [0.2, 0.25) is 0 Å². The van der Waals surface area contributed by atoms with Gasteiger partial charge < -0.3 is 5.32 Å². The number of rotatable bonds is 1. The molecule has 0 bridgehead atoms. The summed E-state index contributed by atoms with van der Waals surface area (Å²) in [5, 5.41) is 2.90. The monoisotopic (exact) mass is 189 g/mol. The molecule has 0 saturated carbocycles. The first kappa shape index (κ1) is 9.25. The van der Waals surface area contributed by atoms with Gasteiger partial charge in [0.15, 0.2) is 0 Å². The molecule has 1 aliphatic heterocycles. The normalized spacial score (nSPS) is 26.3. The molecule has 1 aromatic rings. The van der Waals surface area contributed by atoms with E-state index < -0.39 is 0 Å². The van der Waals surface area contributed by atoms with Crippen LogP contribution in [-0.4, -0.2) is 12.5 Å². The fourth-order valence-electron chi connectivity index (χ4n) is 2.21. The van der Waals surface area contributed by atoms with Crippen LogP contribution in [-0.2, 0) is 10.2 Å². The molecule has 0 spiro atoms. The first-order valence-corrected chi connectivity index (χ1v) is 4.95. The van der Waals surface area contributed by atoms with Crippen LogP contribution in [0.3, 0.4) is 0 Å². The molecule has 2 nitrogen and oxygen atoms in total.